The van der Waals surface area contributed by atoms with E-state index in [-0.39, 0.29) is 106 Å². The summed E-state index contributed by atoms with van der Waals surface area (Å²) in [5.41, 5.74) is 3.26. The van der Waals surface area contributed by atoms with E-state index in [2.05, 4.69) is 75.8 Å². The van der Waals surface area contributed by atoms with Crippen molar-refractivity contribution in [1.29, 1.82) is 0 Å². The first kappa shape index (κ1) is 113. The molecule has 6 amide bonds. The topological polar surface area (TPSA) is 303 Å². The van der Waals surface area contributed by atoms with Gasteiger partial charge in [0.2, 0.25) is 23.6 Å². The van der Waals surface area contributed by atoms with E-state index in [1.165, 1.54) is 11.6 Å². The second-order valence-electron chi connectivity index (χ2n) is 29.9. The summed E-state index contributed by atoms with van der Waals surface area (Å²) in [6, 6.07) is 8.83. The van der Waals surface area contributed by atoms with Crippen LogP contribution in [0.2, 0.25) is 0 Å². The van der Waals surface area contributed by atoms with Crippen LogP contribution < -0.4 is 27.0 Å². The lowest BCUT2D eigenvalue weighted by Crippen LogP contribution is -2.45. The van der Waals surface area contributed by atoms with E-state index in [0.29, 0.717) is 46.1 Å². The van der Waals surface area contributed by atoms with Crippen molar-refractivity contribution in [3.8, 4) is 11.1 Å². The van der Waals surface area contributed by atoms with Gasteiger partial charge in [-0.3, -0.25) is 38.5 Å². The molecule has 0 spiro atoms. The van der Waals surface area contributed by atoms with Crippen molar-refractivity contribution >= 4 is 189 Å². The Morgan fingerprint density at radius 2 is 0.867 bits per heavy atom. The number of aryl methyl sites for hydroxylation is 1. The van der Waals surface area contributed by atoms with Crippen molar-refractivity contribution in [3.63, 3.8) is 0 Å². The summed E-state index contributed by atoms with van der Waals surface area (Å²) in [6.07, 6.45) is -5.35. The molecule has 0 unspecified atom stereocenters. The maximum atomic E-state index is 14.4. The van der Waals surface area contributed by atoms with Crippen LogP contribution in [-0.4, -0.2) is 173 Å². The van der Waals surface area contributed by atoms with Gasteiger partial charge in [-0.15, -0.1) is 0 Å². The van der Waals surface area contributed by atoms with E-state index in [4.69, 9.17) is 20.3 Å². The predicted molar refractivity (Wildman–Crippen MR) is 458 cm³/mol. The van der Waals surface area contributed by atoms with Gasteiger partial charge in [0.25, 0.3) is 0 Å². The molecule has 8 atom stereocenters. The summed E-state index contributed by atoms with van der Waals surface area (Å²) < 4.78 is 320. The number of halogens is 24. The number of ether oxygens (including phenoxy) is 2. The van der Waals surface area contributed by atoms with Crippen molar-refractivity contribution in [1.82, 2.24) is 39.8 Å². The van der Waals surface area contributed by atoms with Gasteiger partial charge in [0, 0.05) is 139 Å². The number of hydrogen-bond donors (Lipinski definition) is 6. The van der Waals surface area contributed by atoms with Gasteiger partial charge in [-0.1, -0.05) is 115 Å². The number of nitrogens with one attached hydrogen (secondary N) is 4. The van der Waals surface area contributed by atoms with Gasteiger partial charge in [0.1, 0.15) is 91.7 Å². The molecule has 57 heteroatoms. The van der Waals surface area contributed by atoms with Gasteiger partial charge in [-0.2, -0.15) is 18.6 Å². The van der Waals surface area contributed by atoms with Gasteiger partial charge in [-0.25, -0.2) is 41.9 Å². The average Bonchev–Trinajstić information content (AvgIpc) is 1.42. The fourth-order valence-corrected chi connectivity index (χ4v) is 14.4. The summed E-state index contributed by atoms with van der Waals surface area (Å²) in [5.74, 6) is -4.60. The Balaban J connectivity index is 0.000000432. The Bertz CT molecular complexity index is 5300. The number of likely N-dealkylation sites (tertiary alicyclic amines) is 3. The number of Topliss-reactive ketones (excluding diaryl/α,β-unsaturated/α-hetero) is 1. The number of hydrogen-bond acceptors (Lipinski definition) is 19. The molecule has 5 aromatic carbocycles. The summed E-state index contributed by atoms with van der Waals surface area (Å²) >= 11 is 15.6. The van der Waals surface area contributed by atoms with Crippen molar-refractivity contribution in [2.24, 2.45) is 0 Å². The Morgan fingerprint density at radius 1 is 0.516 bits per heavy atom. The SMILES string of the molecule is C.CC(=O)c1nn(CC(=O)N2C[C@H](F)C[C@H]2C(=O)Nc2cccc(S(F)(F)(F)(F)F)c2)c2ccc(-c3cnc(C)nc3)cc12.CC(C)(C)OC(=O)N1C[C@H](F)C[C@H]1C(=O)Nc1cccc(S(F)(F)(F)(F)F)c1.CC(C)(C)OC(=O)N1C[C@H](F)C[C@H]1C(=O)O.Nc1cccc(S(F)(F)(F)(F)F)c1.O=C(Nc1cccc(S(F)(F)(F)(F)F)c1)[C@@H]1C[C@@H](F)CN1.S.S=S.S=S=S. The van der Waals surface area contributed by atoms with E-state index in [0.717, 1.165) is 60.0 Å². The zero-order chi connectivity index (χ0) is 96.5. The second kappa shape index (κ2) is 38.5. The number of nitrogen functional groups attached to an aromatic ring is 1. The predicted octanol–water partition coefficient (Wildman–Crippen LogP) is 21.9. The number of nitrogens with two attached hydrogens (primary N) is 1. The number of aliphatic carboxylic acids is 1. The number of anilines is 4. The van der Waals surface area contributed by atoms with E-state index in [9.17, 15) is 134 Å². The molecular formula is C71H84F24N12O11S10. The number of fused-ring (bicyclic) bond motifs is 1. The highest BCUT2D eigenvalue weighted by atomic mass is 33.1. The summed E-state index contributed by atoms with van der Waals surface area (Å²) in [7, 11) is -38.4. The largest absolute Gasteiger partial charge is 0.480 e. The lowest BCUT2D eigenvalue weighted by Gasteiger charge is -2.40. The third-order valence-corrected chi connectivity index (χ3v) is 21.6. The highest BCUT2D eigenvalue weighted by Crippen LogP contribution is 3.04. The number of nitrogens with zero attached hydrogens (tertiary/aromatic N) is 7. The highest BCUT2D eigenvalue weighted by Gasteiger charge is 2.68. The first-order valence-corrected chi connectivity index (χ1v) is 47.3. The van der Waals surface area contributed by atoms with Crippen molar-refractivity contribution in [2.75, 3.05) is 47.9 Å². The van der Waals surface area contributed by atoms with E-state index < -0.39 is 212 Å². The number of carboxylic acid groups (broad SMARTS) is 1. The molecule has 2 aromatic heterocycles. The Labute approximate surface area is 745 Å². The fourth-order valence-electron chi connectivity index (χ4n) is 11.7. The minimum atomic E-state index is -10.0. The first-order chi connectivity index (χ1) is 56.7. The fraction of sp³-hybridized carbons (Fsp3) is 0.394. The molecule has 722 valence electrons. The Hall–Kier alpha value is -8.86. The molecule has 0 aliphatic carbocycles. The van der Waals surface area contributed by atoms with Crippen LogP contribution in [0.3, 0.4) is 0 Å². The zero-order valence-corrected chi connectivity index (χ0v) is 74.9. The molecule has 4 saturated heterocycles. The summed E-state index contributed by atoms with van der Waals surface area (Å²) in [5, 5.41) is 22.3. The molecule has 7 aromatic rings. The van der Waals surface area contributed by atoms with E-state index in [1.807, 2.05) is 5.32 Å². The molecule has 4 aliphatic heterocycles. The number of carbonyl (C=O) groups is 8. The molecule has 0 saturated carbocycles. The lowest BCUT2D eigenvalue weighted by molar-refractivity contribution is -0.142. The van der Waals surface area contributed by atoms with Crippen LogP contribution >= 0.6 is 54.4 Å². The molecule has 0 radical (unpaired) electrons. The van der Waals surface area contributed by atoms with Crippen LogP contribution in [0.15, 0.2) is 147 Å². The third kappa shape index (κ3) is 34.8. The van der Waals surface area contributed by atoms with Crippen LogP contribution in [0.5, 0.6) is 0 Å². The third-order valence-electron chi connectivity index (χ3n) is 17.0. The van der Waals surface area contributed by atoms with Gasteiger partial charge in [-0.05, 0) is 139 Å². The minimum absolute atomic E-state index is 0. The number of rotatable bonds is 15. The molecule has 11 rings (SSSR count). The summed E-state index contributed by atoms with van der Waals surface area (Å²) in [6.45, 7) is 11.1. The van der Waals surface area contributed by atoms with Gasteiger partial charge < -0.3 is 46.5 Å². The minimum Gasteiger partial charge on any atom is -0.480 e. The van der Waals surface area contributed by atoms with Crippen molar-refractivity contribution < 1.29 is 148 Å². The van der Waals surface area contributed by atoms with Crippen molar-refractivity contribution in [2.45, 2.75) is 175 Å². The normalized spacial score (nSPS) is 20.7. The summed E-state index contributed by atoms with van der Waals surface area (Å²) in [4.78, 5) is 99.8. The quantitative estimate of drug-likeness (QED) is 0.0316. The molecule has 128 heavy (non-hydrogen) atoms. The van der Waals surface area contributed by atoms with Gasteiger partial charge in [0.15, 0.2) is 5.78 Å². The smallest absolute Gasteiger partial charge is 0.411 e. The molecule has 6 heterocycles. The number of carboxylic acids is 1. The first-order valence-electron chi connectivity index (χ1n) is 35.5. The maximum absolute atomic E-state index is 14.4. The molecule has 0 bridgehead atoms. The number of alkyl halides is 4. The monoisotopic (exact) mass is 2060 g/mol. The van der Waals surface area contributed by atoms with Crippen molar-refractivity contribution in [3.05, 3.63) is 139 Å². The van der Waals surface area contributed by atoms with Crippen LogP contribution in [-0.2, 0) is 93.6 Å². The van der Waals surface area contributed by atoms with Crippen LogP contribution in [0.4, 0.5) is 128 Å². The van der Waals surface area contributed by atoms with Crippen LogP contribution in [0.1, 0.15) is 97.9 Å². The number of carbonyl (C=O) groups excluding carboxylic acids is 7. The lowest BCUT2D eigenvalue weighted by atomic mass is 10.0. The van der Waals surface area contributed by atoms with E-state index >= 15 is 0 Å². The number of benzene rings is 5. The van der Waals surface area contributed by atoms with Gasteiger partial charge >= 0.3 is 59.1 Å². The van der Waals surface area contributed by atoms with Crippen LogP contribution in [0, 0.1) is 6.92 Å². The zero-order valence-electron chi connectivity index (χ0n) is 66.6. The molecule has 4 fully saturated rings. The molecule has 7 N–H and O–H groups in total. The molecule has 4 aliphatic rings. The van der Waals surface area contributed by atoms with E-state index in [1.54, 1.807) is 79.1 Å². The second-order valence-corrected chi connectivity index (χ2v) is 41.3. The molecular weight excluding hydrogens is 1970 g/mol. The van der Waals surface area contributed by atoms with Crippen LogP contribution in [0.25, 0.3) is 22.0 Å². The molecule has 23 nitrogen and oxygen atoms in total. The Kier molecular flexibility index (Phi) is 34.1. The van der Waals surface area contributed by atoms with Gasteiger partial charge in [0.05, 0.1) is 31.2 Å². The Morgan fingerprint density at radius 3 is 1.21 bits per heavy atom. The number of ketones is 1. The highest BCUT2D eigenvalue weighted by molar-refractivity contribution is 8.46. The maximum Gasteiger partial charge on any atom is 0.411 e. The number of amides is 6. The average molecular weight is 2060 g/mol. The number of aromatic nitrogens is 4. The standard InChI is InChI=1S/C27H24F6N6O3S.C16H20F6N2O3S.C11H12F6N2OS.C10H16FNO4.C6H6F5NS.CH4.S3.S2.H2S/c1-15(40)26-22-8-17(18-11-34-16(2)35-12-18)6-7-23(22)39(37-26)14-25(41)38-13-19(28)9-24(38)27(42)36-20-4-3-5-21(10-20)43(29,30,31,32)33;1-16(2,3)27-15(26)24-9-10(17)7-13(24)14(25)23-11-5-4-6-12(8-11)28(18,19,20,21)22;12-7-4-10(18-6-7)11(20)19-8-2-1-3-9(5-8)21(13,14,15,16)17;1-10(2,3)16-9(15)12-5-6(11)4-7(12)8(13)14;7-13(8,9,10,11)6-3-1-2-5(12)4-6;;1-3-2;1-2;/h3-8,10-12,19,24H,9,13-14H2,1-2H3,(H,36,42);4-6,8,10,13H,7,9H2,1-3H3,(H,23,25);1-3,5,7,10,18H,4,6H2,(H,19,20);6-7H,4-5H2,1-3H3,(H,13,14);1-4H,12H2;1H4;;;1H2/t19-,24+;10-,13+;7-,10+;6-,7+;;;;;/m1111...../s1.